The molecule has 4 aromatic carbocycles. The van der Waals surface area contributed by atoms with Crippen LogP contribution in [-0.2, 0) is 55.8 Å². The normalized spacial score (nSPS) is 19.6. The minimum absolute atomic E-state index is 0.0736. The summed E-state index contributed by atoms with van der Waals surface area (Å²) in [5, 5.41) is 22.5. The molecular formula is C43H39F3N4O7S. The second-order valence-electron chi connectivity index (χ2n) is 13.7. The highest BCUT2D eigenvalue weighted by Gasteiger charge is 2.33. The minimum atomic E-state index is -4.62. The number of halogens is 3. The van der Waals surface area contributed by atoms with Crippen molar-refractivity contribution in [2.75, 3.05) is 6.61 Å². The molecule has 4 atom stereocenters. The number of hydrogen-bond donors (Lipinski definition) is 5. The lowest BCUT2D eigenvalue weighted by molar-refractivity contribution is -0.142. The van der Waals surface area contributed by atoms with Gasteiger partial charge in [0.05, 0.1) is 5.56 Å². The van der Waals surface area contributed by atoms with E-state index >= 15 is 0 Å². The molecule has 0 radical (unpaired) electrons. The summed E-state index contributed by atoms with van der Waals surface area (Å²) in [6.07, 6.45) is -5.11. The number of carboxylic acid groups (broad SMARTS) is 1. The van der Waals surface area contributed by atoms with Crippen LogP contribution in [0.1, 0.15) is 27.1 Å². The van der Waals surface area contributed by atoms with Crippen LogP contribution in [0.4, 0.5) is 13.2 Å². The number of nitrogens with one attached hydrogen (secondary N) is 4. The Balaban J connectivity index is 1.35. The van der Waals surface area contributed by atoms with E-state index < -0.39 is 72.1 Å². The van der Waals surface area contributed by atoms with E-state index in [2.05, 4.69) is 21.3 Å². The van der Waals surface area contributed by atoms with Crippen molar-refractivity contribution >= 4 is 40.9 Å². The number of benzene rings is 4. The van der Waals surface area contributed by atoms with Crippen LogP contribution < -0.4 is 26.0 Å². The molecule has 0 fully saturated rings. The standard InChI is InChI=1S/C43H39F3N4O7S/c44-43(45,46)31-16-10-27(11-17-31)22-35-40(53)50-37(42(55)56)23-28-12-18-32(19-13-28)57-25-38(51)47-36(24-33-7-4-20-58-33)41(54)49-34(39(52)48-35)21-26-8-14-30(15-9-26)29-5-2-1-3-6-29/h1-20,34-37H,21-25H2,(H,47,51)(H,48,52)(H,49,54)(H,50,53)(H,55,56)/t34-,35+,36?,37-/m0/s1. The second kappa shape index (κ2) is 18.6. The van der Waals surface area contributed by atoms with Gasteiger partial charge in [0, 0.05) is 30.6 Å². The molecule has 300 valence electrons. The SMILES string of the molecule is O=C1COc2ccc(cc2)C[C@@H](C(=O)O)NC(=O)[C@@H](Cc2ccc(C(F)(F)F)cc2)NC(=O)[C@H](Cc2ccc(-c3ccccc3)cc2)NC(=O)C(Cc2cccs2)N1. The first kappa shape index (κ1) is 41.2. The zero-order chi connectivity index (χ0) is 41.2. The van der Waals surface area contributed by atoms with E-state index in [1.165, 1.54) is 35.6 Å². The number of aliphatic carboxylic acids is 1. The summed E-state index contributed by atoms with van der Waals surface area (Å²) >= 11 is 1.37. The van der Waals surface area contributed by atoms with Gasteiger partial charge in [-0.1, -0.05) is 84.9 Å². The monoisotopic (exact) mass is 812 g/mol. The number of rotatable bonds is 8. The van der Waals surface area contributed by atoms with Gasteiger partial charge < -0.3 is 31.1 Å². The molecule has 2 aliphatic heterocycles. The highest BCUT2D eigenvalue weighted by molar-refractivity contribution is 7.09. The number of alkyl halides is 3. The number of fused-ring (bicyclic) bond motifs is 16. The van der Waals surface area contributed by atoms with Crippen molar-refractivity contribution in [3.63, 3.8) is 0 Å². The Morgan fingerprint density at radius 3 is 1.76 bits per heavy atom. The fourth-order valence-electron chi connectivity index (χ4n) is 6.38. The largest absolute Gasteiger partial charge is 0.484 e. The zero-order valence-electron chi connectivity index (χ0n) is 30.8. The van der Waals surface area contributed by atoms with Crippen LogP contribution in [-0.4, -0.2) is 65.5 Å². The van der Waals surface area contributed by atoms with Crippen molar-refractivity contribution in [2.24, 2.45) is 0 Å². The molecule has 11 nitrogen and oxygen atoms in total. The molecule has 1 unspecified atom stereocenters. The van der Waals surface area contributed by atoms with Crippen LogP contribution in [0.5, 0.6) is 5.75 Å². The molecule has 0 aliphatic carbocycles. The van der Waals surface area contributed by atoms with Gasteiger partial charge in [0.1, 0.15) is 29.9 Å². The maximum absolute atomic E-state index is 14.3. The summed E-state index contributed by atoms with van der Waals surface area (Å²) in [5.74, 6) is -4.17. The summed E-state index contributed by atoms with van der Waals surface area (Å²) in [7, 11) is 0. The van der Waals surface area contributed by atoms with Crippen LogP contribution >= 0.6 is 11.3 Å². The Morgan fingerprint density at radius 2 is 1.21 bits per heavy atom. The zero-order valence-corrected chi connectivity index (χ0v) is 31.6. The number of carbonyl (C=O) groups is 5. The van der Waals surface area contributed by atoms with Crippen LogP contribution in [0.2, 0.25) is 0 Å². The predicted octanol–water partition coefficient (Wildman–Crippen LogP) is 5.12. The second-order valence-corrected chi connectivity index (χ2v) is 14.8. The summed E-state index contributed by atoms with van der Waals surface area (Å²) < 4.78 is 45.8. The smallest absolute Gasteiger partial charge is 0.416 e. The number of carbonyl (C=O) groups excluding carboxylic acids is 4. The maximum Gasteiger partial charge on any atom is 0.416 e. The fourth-order valence-corrected chi connectivity index (χ4v) is 7.13. The van der Waals surface area contributed by atoms with Gasteiger partial charge in [-0.05, 0) is 63.5 Å². The molecule has 3 heterocycles. The third-order valence-corrected chi connectivity index (χ3v) is 10.4. The molecule has 0 saturated carbocycles. The molecule has 0 saturated heterocycles. The number of thiophene rings is 1. The van der Waals surface area contributed by atoms with E-state index in [-0.39, 0.29) is 37.0 Å². The molecule has 15 heteroatoms. The van der Waals surface area contributed by atoms with Crippen molar-refractivity contribution in [2.45, 2.75) is 56.0 Å². The third kappa shape index (κ3) is 11.3. The third-order valence-electron chi connectivity index (χ3n) is 9.47. The molecule has 5 N–H and O–H groups in total. The number of carboxylic acids is 1. The highest BCUT2D eigenvalue weighted by atomic mass is 32.1. The van der Waals surface area contributed by atoms with Crippen molar-refractivity contribution in [3.05, 3.63) is 148 Å². The Hall–Kier alpha value is -6.48. The first-order valence-electron chi connectivity index (χ1n) is 18.3. The molecule has 2 aliphatic rings. The average molecular weight is 813 g/mol. The summed E-state index contributed by atoms with van der Waals surface area (Å²) in [6, 6.07) is 25.2. The summed E-state index contributed by atoms with van der Waals surface area (Å²) in [4.78, 5) is 68.7. The lowest BCUT2D eigenvalue weighted by Gasteiger charge is -2.26. The first-order valence-corrected chi connectivity index (χ1v) is 19.2. The van der Waals surface area contributed by atoms with Crippen molar-refractivity contribution < 1.29 is 47.0 Å². The highest BCUT2D eigenvalue weighted by Crippen LogP contribution is 2.29. The molecule has 7 rings (SSSR count). The van der Waals surface area contributed by atoms with E-state index in [0.29, 0.717) is 11.1 Å². The van der Waals surface area contributed by atoms with Crippen molar-refractivity contribution in [1.82, 2.24) is 21.3 Å². The lowest BCUT2D eigenvalue weighted by Crippen LogP contribution is -2.59. The average Bonchev–Trinajstić information content (AvgIpc) is 3.73. The maximum atomic E-state index is 14.3. The molecular weight excluding hydrogens is 774 g/mol. The molecule has 1 aromatic heterocycles. The van der Waals surface area contributed by atoms with Crippen LogP contribution in [0, 0.1) is 0 Å². The van der Waals surface area contributed by atoms with Crippen LogP contribution in [0.15, 0.2) is 121 Å². The van der Waals surface area contributed by atoms with Gasteiger partial charge in [0.2, 0.25) is 17.7 Å². The predicted molar refractivity (Wildman–Crippen MR) is 210 cm³/mol. The van der Waals surface area contributed by atoms with Crippen molar-refractivity contribution in [3.8, 4) is 16.9 Å². The fraction of sp³-hybridized carbons (Fsp3) is 0.233. The molecule has 0 spiro atoms. The van der Waals surface area contributed by atoms with E-state index in [1.807, 2.05) is 47.8 Å². The van der Waals surface area contributed by atoms with Gasteiger partial charge in [0.25, 0.3) is 5.91 Å². The molecule has 4 amide bonds. The van der Waals surface area contributed by atoms with Gasteiger partial charge in [0.15, 0.2) is 6.61 Å². The summed E-state index contributed by atoms with van der Waals surface area (Å²) in [6.45, 7) is -0.454. The van der Waals surface area contributed by atoms with Gasteiger partial charge in [-0.15, -0.1) is 11.3 Å². The van der Waals surface area contributed by atoms with Crippen molar-refractivity contribution in [1.29, 1.82) is 0 Å². The van der Waals surface area contributed by atoms with Gasteiger partial charge in [-0.25, -0.2) is 4.79 Å². The number of ether oxygens (including phenoxy) is 1. The van der Waals surface area contributed by atoms with Gasteiger partial charge >= 0.3 is 12.1 Å². The Bertz CT molecular complexity index is 2200. The van der Waals surface area contributed by atoms with E-state index in [1.54, 1.807) is 36.4 Å². The first-order chi connectivity index (χ1) is 27.8. The number of amides is 4. The summed E-state index contributed by atoms with van der Waals surface area (Å²) in [5.41, 5.74) is 2.30. The van der Waals surface area contributed by atoms with Crippen LogP contribution in [0.3, 0.4) is 0 Å². The van der Waals surface area contributed by atoms with Crippen LogP contribution in [0.25, 0.3) is 11.1 Å². The van der Waals surface area contributed by atoms with Gasteiger partial charge in [-0.2, -0.15) is 13.2 Å². The Morgan fingerprint density at radius 1 is 0.655 bits per heavy atom. The minimum Gasteiger partial charge on any atom is -0.484 e. The van der Waals surface area contributed by atoms with Gasteiger partial charge in [-0.3, -0.25) is 19.2 Å². The molecule has 58 heavy (non-hydrogen) atoms. The quantitative estimate of drug-likeness (QED) is 0.136. The molecule has 2 bridgehead atoms. The van der Waals surface area contributed by atoms with E-state index in [4.69, 9.17) is 4.74 Å². The topological polar surface area (TPSA) is 163 Å². The number of hydrogen-bond acceptors (Lipinski definition) is 7. The Kier molecular flexibility index (Phi) is 13.2. The lowest BCUT2D eigenvalue weighted by atomic mass is 9.98. The van der Waals surface area contributed by atoms with E-state index in [9.17, 15) is 42.3 Å². The molecule has 5 aromatic rings. The Labute approximate surface area is 335 Å². The van der Waals surface area contributed by atoms with E-state index in [0.717, 1.165) is 28.1 Å².